The van der Waals surface area contributed by atoms with Crippen molar-refractivity contribution in [3.8, 4) is 0 Å². The number of guanidine groups is 1. The molecule has 1 fully saturated rings. The molecule has 2 rings (SSSR count). The lowest BCUT2D eigenvalue weighted by atomic mass is 10.3. The van der Waals surface area contributed by atoms with Crippen molar-refractivity contribution in [2.75, 3.05) is 50.7 Å². The standard InChI is InChI=1S/C18H31ClN6/c1-4-20-18(22-11-13-24(5-2)6-3)23-15-9-12-25(14-15)17-16(19)8-7-10-21-17/h7-8,10,15H,4-6,9,11-14H2,1-3H3,(H2,20,22,23). The number of hydrogen-bond donors (Lipinski definition) is 2. The Hall–Kier alpha value is -1.53. The summed E-state index contributed by atoms with van der Waals surface area (Å²) < 4.78 is 0. The van der Waals surface area contributed by atoms with Gasteiger partial charge in [0.05, 0.1) is 11.6 Å². The Morgan fingerprint density at radius 1 is 1.40 bits per heavy atom. The summed E-state index contributed by atoms with van der Waals surface area (Å²) in [5, 5.41) is 7.61. The van der Waals surface area contributed by atoms with Crippen molar-refractivity contribution >= 4 is 23.4 Å². The van der Waals surface area contributed by atoms with Crippen molar-refractivity contribution < 1.29 is 0 Å². The number of hydrogen-bond acceptors (Lipinski definition) is 4. The summed E-state index contributed by atoms with van der Waals surface area (Å²) in [5.41, 5.74) is 0. The van der Waals surface area contributed by atoms with Crippen LogP contribution in [0.3, 0.4) is 0 Å². The second-order valence-electron chi connectivity index (χ2n) is 6.17. The number of rotatable bonds is 8. The lowest BCUT2D eigenvalue weighted by molar-refractivity contribution is 0.313. The van der Waals surface area contributed by atoms with Gasteiger partial charge in [0.1, 0.15) is 5.82 Å². The van der Waals surface area contributed by atoms with E-state index >= 15 is 0 Å². The maximum atomic E-state index is 6.27. The van der Waals surface area contributed by atoms with Crippen LogP contribution in [0.5, 0.6) is 0 Å². The molecule has 0 amide bonds. The van der Waals surface area contributed by atoms with E-state index in [9.17, 15) is 0 Å². The van der Waals surface area contributed by atoms with Crippen LogP contribution in [0.25, 0.3) is 0 Å². The Labute approximate surface area is 156 Å². The first-order valence-electron chi connectivity index (χ1n) is 9.30. The molecule has 0 aliphatic carbocycles. The lowest BCUT2D eigenvalue weighted by Gasteiger charge is -2.21. The lowest BCUT2D eigenvalue weighted by Crippen LogP contribution is -2.45. The average Bonchev–Trinajstić information content (AvgIpc) is 3.07. The van der Waals surface area contributed by atoms with Gasteiger partial charge in [-0.1, -0.05) is 25.4 Å². The summed E-state index contributed by atoms with van der Waals surface area (Å²) in [6.45, 7) is 13.1. The number of likely N-dealkylation sites (N-methyl/N-ethyl adjacent to an activating group) is 1. The molecule has 0 bridgehead atoms. The molecule has 1 aromatic rings. The summed E-state index contributed by atoms with van der Waals surface area (Å²) in [5.74, 6) is 1.77. The fourth-order valence-electron chi connectivity index (χ4n) is 3.04. The third kappa shape index (κ3) is 6.04. The summed E-state index contributed by atoms with van der Waals surface area (Å²) in [7, 11) is 0. The molecule has 0 saturated carbocycles. The predicted molar refractivity (Wildman–Crippen MR) is 107 cm³/mol. The minimum Gasteiger partial charge on any atom is -0.357 e. The molecule has 1 aliphatic heterocycles. The van der Waals surface area contributed by atoms with E-state index in [-0.39, 0.29) is 0 Å². The first-order valence-corrected chi connectivity index (χ1v) is 9.68. The van der Waals surface area contributed by atoms with Crippen LogP contribution in [0.2, 0.25) is 5.02 Å². The topological polar surface area (TPSA) is 55.8 Å². The number of aliphatic imine (C=N–C) groups is 1. The molecule has 1 aliphatic rings. The fraction of sp³-hybridized carbons (Fsp3) is 0.667. The molecule has 25 heavy (non-hydrogen) atoms. The van der Waals surface area contributed by atoms with Crippen molar-refractivity contribution in [2.45, 2.75) is 33.2 Å². The number of pyridine rings is 1. The highest BCUT2D eigenvalue weighted by atomic mass is 35.5. The first-order chi connectivity index (χ1) is 12.2. The van der Waals surface area contributed by atoms with E-state index in [0.29, 0.717) is 11.1 Å². The van der Waals surface area contributed by atoms with E-state index in [1.165, 1.54) is 0 Å². The smallest absolute Gasteiger partial charge is 0.191 e. The summed E-state index contributed by atoms with van der Waals surface area (Å²) in [4.78, 5) is 13.8. The third-order valence-electron chi connectivity index (χ3n) is 4.49. The van der Waals surface area contributed by atoms with Gasteiger partial charge in [-0.25, -0.2) is 4.98 Å². The van der Waals surface area contributed by atoms with Gasteiger partial charge in [-0.05, 0) is 38.6 Å². The van der Waals surface area contributed by atoms with E-state index in [4.69, 9.17) is 16.6 Å². The maximum absolute atomic E-state index is 6.27. The molecular weight excluding hydrogens is 336 g/mol. The molecule has 0 aromatic carbocycles. The van der Waals surface area contributed by atoms with Gasteiger partial charge in [-0.3, -0.25) is 4.99 Å². The first kappa shape index (κ1) is 19.8. The molecule has 7 heteroatoms. The number of anilines is 1. The Morgan fingerprint density at radius 3 is 2.88 bits per heavy atom. The van der Waals surface area contributed by atoms with E-state index < -0.39 is 0 Å². The second-order valence-corrected chi connectivity index (χ2v) is 6.58. The summed E-state index contributed by atoms with van der Waals surface area (Å²) >= 11 is 6.27. The zero-order valence-electron chi connectivity index (χ0n) is 15.6. The van der Waals surface area contributed by atoms with Crippen LogP contribution in [0.4, 0.5) is 5.82 Å². The van der Waals surface area contributed by atoms with Crippen molar-refractivity contribution in [1.82, 2.24) is 20.5 Å². The van der Waals surface area contributed by atoms with Gasteiger partial charge >= 0.3 is 0 Å². The third-order valence-corrected chi connectivity index (χ3v) is 4.79. The number of halogens is 1. The van der Waals surface area contributed by atoms with Gasteiger partial charge in [0.25, 0.3) is 0 Å². The Balaban J connectivity index is 1.88. The molecule has 6 nitrogen and oxygen atoms in total. The molecule has 1 aromatic heterocycles. The van der Waals surface area contributed by atoms with Gasteiger partial charge < -0.3 is 20.4 Å². The fourth-order valence-corrected chi connectivity index (χ4v) is 3.28. The molecule has 0 spiro atoms. The molecule has 1 saturated heterocycles. The highest BCUT2D eigenvalue weighted by molar-refractivity contribution is 6.32. The SMILES string of the molecule is CCNC(=NCCN(CC)CC)NC1CCN(c2ncccc2Cl)C1. The monoisotopic (exact) mass is 366 g/mol. The normalized spacial score (nSPS) is 18.0. The van der Waals surface area contributed by atoms with Crippen molar-refractivity contribution in [1.29, 1.82) is 0 Å². The molecule has 1 unspecified atom stereocenters. The highest BCUT2D eigenvalue weighted by Gasteiger charge is 2.25. The van der Waals surface area contributed by atoms with Crippen molar-refractivity contribution in [2.24, 2.45) is 4.99 Å². The molecule has 0 radical (unpaired) electrons. The van der Waals surface area contributed by atoms with Crippen molar-refractivity contribution in [3.05, 3.63) is 23.4 Å². The van der Waals surface area contributed by atoms with Gasteiger partial charge in [0.15, 0.2) is 5.96 Å². The van der Waals surface area contributed by atoms with Crippen LogP contribution in [-0.4, -0.2) is 67.7 Å². The second kappa shape index (κ2) is 10.5. The van der Waals surface area contributed by atoms with Gasteiger partial charge in [0, 0.05) is 38.4 Å². The van der Waals surface area contributed by atoms with Crippen LogP contribution >= 0.6 is 11.6 Å². The Morgan fingerprint density at radius 2 is 2.20 bits per heavy atom. The number of aromatic nitrogens is 1. The van der Waals surface area contributed by atoms with Crippen molar-refractivity contribution in [3.63, 3.8) is 0 Å². The highest BCUT2D eigenvalue weighted by Crippen LogP contribution is 2.25. The Kier molecular flexibility index (Phi) is 8.28. The van der Waals surface area contributed by atoms with Crippen LogP contribution in [-0.2, 0) is 0 Å². The van der Waals surface area contributed by atoms with E-state index in [2.05, 4.69) is 46.2 Å². The zero-order valence-corrected chi connectivity index (χ0v) is 16.4. The number of nitrogens with zero attached hydrogens (tertiary/aromatic N) is 4. The quantitative estimate of drug-likeness (QED) is 0.545. The predicted octanol–water partition coefficient (Wildman–Crippen LogP) is 2.21. The summed E-state index contributed by atoms with van der Waals surface area (Å²) in [6, 6.07) is 4.11. The van der Waals surface area contributed by atoms with Crippen LogP contribution < -0.4 is 15.5 Å². The Bertz CT molecular complexity index is 546. The molecule has 140 valence electrons. The van der Waals surface area contributed by atoms with Gasteiger partial charge in [0.2, 0.25) is 0 Å². The van der Waals surface area contributed by atoms with Crippen LogP contribution in [0, 0.1) is 0 Å². The molecule has 2 heterocycles. The molecular formula is C18H31ClN6. The maximum Gasteiger partial charge on any atom is 0.191 e. The summed E-state index contributed by atoms with van der Waals surface area (Å²) in [6.07, 6.45) is 2.84. The zero-order chi connectivity index (χ0) is 18.1. The molecule has 1 atom stereocenters. The van der Waals surface area contributed by atoms with Crippen LogP contribution in [0.1, 0.15) is 27.2 Å². The largest absolute Gasteiger partial charge is 0.357 e. The van der Waals surface area contributed by atoms with E-state index in [1.807, 2.05) is 12.1 Å². The number of nitrogens with one attached hydrogen (secondary N) is 2. The molecule has 2 N–H and O–H groups in total. The average molecular weight is 367 g/mol. The van der Waals surface area contributed by atoms with E-state index in [0.717, 1.165) is 64.0 Å². The minimum atomic E-state index is 0.351. The van der Waals surface area contributed by atoms with Crippen LogP contribution in [0.15, 0.2) is 23.3 Å². The van der Waals surface area contributed by atoms with E-state index in [1.54, 1.807) is 6.20 Å². The minimum absolute atomic E-state index is 0.351. The van der Waals surface area contributed by atoms with Gasteiger partial charge in [-0.15, -0.1) is 0 Å². The van der Waals surface area contributed by atoms with Gasteiger partial charge in [-0.2, -0.15) is 0 Å².